The number of hydrogen-bond donors (Lipinski definition) is 0. The molecule has 194 valence electrons. The Morgan fingerprint density at radius 1 is 0.667 bits per heavy atom. The Kier molecular flexibility index (Phi) is 13.9. The maximum absolute atomic E-state index is 12.5. The molecule has 0 N–H and O–H groups in total. The maximum atomic E-state index is 12.5. The van der Waals surface area contributed by atoms with Gasteiger partial charge in [0.1, 0.15) is 0 Å². The summed E-state index contributed by atoms with van der Waals surface area (Å²) in [6.45, 7) is 15.2. The van der Waals surface area contributed by atoms with Crippen molar-refractivity contribution < 1.29 is 14.3 Å². The predicted octanol–water partition coefficient (Wildman–Crippen LogP) is 9.27. The third-order valence-electron chi connectivity index (χ3n) is 7.76. The number of unbranched alkanes of at least 4 members (excludes halogenated alkanes) is 13. The largest absolute Gasteiger partial charge is 0.393 e. The van der Waals surface area contributed by atoms with Gasteiger partial charge in [-0.25, -0.2) is 0 Å². The Morgan fingerprint density at radius 2 is 1.09 bits per heavy atom. The number of hydrogen-bond acceptors (Lipinski definition) is 3. The zero-order valence-corrected chi connectivity index (χ0v) is 23.3. The van der Waals surface area contributed by atoms with E-state index in [1.165, 1.54) is 89.9 Å². The number of cyclic esters (lactones) is 2. The fourth-order valence-corrected chi connectivity index (χ4v) is 5.52. The van der Waals surface area contributed by atoms with Crippen LogP contribution in [0.4, 0.5) is 0 Å². The first-order valence-electron chi connectivity index (χ1n) is 14.2. The summed E-state index contributed by atoms with van der Waals surface area (Å²) in [6, 6.07) is 0. The highest BCUT2D eigenvalue weighted by Crippen LogP contribution is 2.45. The van der Waals surface area contributed by atoms with Crippen LogP contribution in [-0.2, 0) is 14.3 Å². The SMILES string of the molecule is CCCCCCCCCCCCCCCCC(CC1C(=O)OC(=O)C1C(C)(C)C)C(C)(C)C. The summed E-state index contributed by atoms with van der Waals surface area (Å²) in [5, 5.41) is 0. The minimum absolute atomic E-state index is 0.130. The number of rotatable bonds is 17. The Bertz CT molecular complexity index is 552. The van der Waals surface area contributed by atoms with Gasteiger partial charge in [0, 0.05) is 0 Å². The number of ether oxygens (including phenoxy) is 1. The summed E-state index contributed by atoms with van der Waals surface area (Å²) >= 11 is 0. The highest BCUT2D eigenvalue weighted by molar-refractivity contribution is 5.96. The molecule has 0 aromatic carbocycles. The molecule has 0 aromatic heterocycles. The Labute approximate surface area is 206 Å². The van der Waals surface area contributed by atoms with E-state index >= 15 is 0 Å². The smallest absolute Gasteiger partial charge is 0.318 e. The van der Waals surface area contributed by atoms with E-state index in [9.17, 15) is 9.59 Å². The van der Waals surface area contributed by atoms with Gasteiger partial charge in [-0.05, 0) is 29.6 Å². The first-order chi connectivity index (χ1) is 15.5. The van der Waals surface area contributed by atoms with Gasteiger partial charge in [0.15, 0.2) is 0 Å². The van der Waals surface area contributed by atoms with Crippen LogP contribution in [0.25, 0.3) is 0 Å². The van der Waals surface area contributed by atoms with E-state index in [2.05, 4.69) is 27.7 Å². The van der Waals surface area contributed by atoms with Gasteiger partial charge in [0.25, 0.3) is 0 Å². The highest BCUT2D eigenvalue weighted by Gasteiger charge is 2.51. The summed E-state index contributed by atoms with van der Waals surface area (Å²) in [7, 11) is 0. The third kappa shape index (κ3) is 11.9. The average Bonchev–Trinajstić information content (AvgIpc) is 2.99. The monoisotopic (exact) mass is 464 g/mol. The molecule has 1 saturated heterocycles. The van der Waals surface area contributed by atoms with Crippen LogP contribution in [0.5, 0.6) is 0 Å². The molecule has 0 spiro atoms. The lowest BCUT2D eigenvalue weighted by molar-refractivity contribution is -0.154. The summed E-state index contributed by atoms with van der Waals surface area (Å²) in [5.74, 6) is -0.778. The number of esters is 2. The lowest BCUT2D eigenvalue weighted by atomic mass is 9.67. The van der Waals surface area contributed by atoms with Gasteiger partial charge in [0.2, 0.25) is 0 Å². The van der Waals surface area contributed by atoms with E-state index in [4.69, 9.17) is 4.74 Å². The average molecular weight is 465 g/mol. The molecule has 0 saturated carbocycles. The van der Waals surface area contributed by atoms with Crippen LogP contribution in [0, 0.1) is 28.6 Å². The molecule has 1 heterocycles. The van der Waals surface area contributed by atoms with Crippen molar-refractivity contribution in [2.24, 2.45) is 28.6 Å². The molecular weight excluding hydrogens is 408 g/mol. The first kappa shape index (κ1) is 30.2. The molecule has 0 amide bonds. The van der Waals surface area contributed by atoms with E-state index in [0.29, 0.717) is 5.92 Å². The molecule has 1 rings (SSSR count). The van der Waals surface area contributed by atoms with Gasteiger partial charge < -0.3 is 4.74 Å². The summed E-state index contributed by atoms with van der Waals surface area (Å²) in [6.07, 6.45) is 21.1. The molecule has 0 radical (unpaired) electrons. The highest BCUT2D eigenvalue weighted by atomic mass is 16.6. The van der Waals surface area contributed by atoms with E-state index in [1.54, 1.807) is 0 Å². The molecule has 33 heavy (non-hydrogen) atoms. The van der Waals surface area contributed by atoms with Crippen molar-refractivity contribution in [1.82, 2.24) is 0 Å². The van der Waals surface area contributed by atoms with Crippen LogP contribution in [0.3, 0.4) is 0 Å². The molecule has 0 aromatic rings. The number of carbonyl (C=O) groups excluding carboxylic acids is 2. The van der Waals surface area contributed by atoms with Crippen molar-refractivity contribution in [3.8, 4) is 0 Å². The molecule has 3 atom stereocenters. The summed E-state index contributed by atoms with van der Waals surface area (Å²) in [4.78, 5) is 24.8. The third-order valence-corrected chi connectivity index (χ3v) is 7.76. The Balaban J connectivity index is 2.25. The predicted molar refractivity (Wildman–Crippen MR) is 140 cm³/mol. The zero-order chi connectivity index (χ0) is 24.9. The summed E-state index contributed by atoms with van der Waals surface area (Å²) < 4.78 is 5.08. The lowest BCUT2D eigenvalue weighted by Crippen LogP contribution is -2.34. The quantitative estimate of drug-likeness (QED) is 0.122. The van der Waals surface area contributed by atoms with Gasteiger partial charge in [-0.1, -0.05) is 138 Å². The molecule has 3 heteroatoms. The fourth-order valence-electron chi connectivity index (χ4n) is 5.52. The van der Waals surface area contributed by atoms with Crippen LogP contribution in [-0.4, -0.2) is 11.9 Å². The van der Waals surface area contributed by atoms with Gasteiger partial charge in [-0.3, -0.25) is 9.59 Å². The van der Waals surface area contributed by atoms with Crippen LogP contribution in [0.1, 0.15) is 151 Å². The second-order valence-corrected chi connectivity index (χ2v) is 12.9. The minimum atomic E-state index is -0.318. The van der Waals surface area contributed by atoms with Crippen LogP contribution >= 0.6 is 0 Å². The van der Waals surface area contributed by atoms with Crippen molar-refractivity contribution in [2.45, 2.75) is 151 Å². The van der Waals surface area contributed by atoms with Gasteiger partial charge in [-0.2, -0.15) is 0 Å². The molecule has 1 aliphatic heterocycles. The van der Waals surface area contributed by atoms with Crippen molar-refractivity contribution in [1.29, 1.82) is 0 Å². The standard InChI is InChI=1S/C30H56O3/c1-8-9-10-11-12-13-14-15-16-17-18-19-20-21-22-24(29(2,3)4)23-25-26(30(5,6)7)28(32)33-27(25)31/h24-26H,8-23H2,1-7H3. The second kappa shape index (κ2) is 15.2. The molecule has 1 fully saturated rings. The molecule has 1 aliphatic rings. The van der Waals surface area contributed by atoms with Gasteiger partial charge in [0.05, 0.1) is 11.8 Å². The molecule has 0 bridgehead atoms. The van der Waals surface area contributed by atoms with Crippen LogP contribution < -0.4 is 0 Å². The van der Waals surface area contributed by atoms with Crippen molar-refractivity contribution in [2.75, 3.05) is 0 Å². The maximum Gasteiger partial charge on any atom is 0.318 e. The molecule has 3 nitrogen and oxygen atoms in total. The molecular formula is C30H56O3. The first-order valence-corrected chi connectivity index (χ1v) is 14.2. The second-order valence-electron chi connectivity index (χ2n) is 12.9. The van der Waals surface area contributed by atoms with Crippen molar-refractivity contribution in [3.63, 3.8) is 0 Å². The zero-order valence-electron chi connectivity index (χ0n) is 23.3. The van der Waals surface area contributed by atoms with E-state index < -0.39 is 0 Å². The van der Waals surface area contributed by atoms with E-state index in [0.717, 1.165) is 12.8 Å². The fraction of sp³-hybridized carbons (Fsp3) is 0.933. The van der Waals surface area contributed by atoms with Crippen molar-refractivity contribution >= 4 is 11.9 Å². The molecule has 3 unspecified atom stereocenters. The van der Waals surface area contributed by atoms with Crippen LogP contribution in [0.15, 0.2) is 0 Å². The van der Waals surface area contributed by atoms with Crippen molar-refractivity contribution in [3.05, 3.63) is 0 Å². The van der Waals surface area contributed by atoms with E-state index in [1.807, 2.05) is 20.8 Å². The summed E-state index contributed by atoms with van der Waals surface area (Å²) in [5.41, 5.74) is -0.115. The Hall–Kier alpha value is -0.860. The van der Waals surface area contributed by atoms with Crippen LogP contribution in [0.2, 0.25) is 0 Å². The lowest BCUT2D eigenvalue weighted by Gasteiger charge is -2.35. The normalized spacial score (nSPS) is 20.3. The number of carbonyl (C=O) groups is 2. The van der Waals surface area contributed by atoms with Gasteiger partial charge >= 0.3 is 11.9 Å². The minimum Gasteiger partial charge on any atom is -0.393 e. The van der Waals surface area contributed by atoms with E-state index in [-0.39, 0.29) is 34.6 Å². The van der Waals surface area contributed by atoms with Gasteiger partial charge in [-0.15, -0.1) is 0 Å². The molecule has 0 aliphatic carbocycles. The topological polar surface area (TPSA) is 43.4 Å². The Morgan fingerprint density at radius 3 is 1.48 bits per heavy atom.